The molecule has 0 fully saturated rings. The predicted molar refractivity (Wildman–Crippen MR) is 76.0 cm³/mol. The molecule has 0 unspecified atom stereocenters. The number of hydrogen-bond acceptors (Lipinski definition) is 4. The molecule has 1 aliphatic rings. The van der Waals surface area contributed by atoms with Gasteiger partial charge in [0.2, 0.25) is 0 Å². The molecule has 2 aromatic carbocycles. The van der Waals surface area contributed by atoms with Gasteiger partial charge in [-0.2, -0.15) is 17.6 Å². The molecule has 0 radical (unpaired) electrons. The Labute approximate surface area is 144 Å². The number of carboxylic acids is 2. The van der Waals surface area contributed by atoms with Gasteiger partial charge in [-0.25, -0.2) is 0 Å². The van der Waals surface area contributed by atoms with E-state index in [4.69, 9.17) is 0 Å². The number of aliphatic carboxylic acids is 2. The molecular weight excluding hydrogens is 356 g/mol. The molecule has 1 aliphatic carbocycles. The third-order valence-corrected chi connectivity index (χ3v) is 4.50. The molecule has 2 aromatic rings. The molecular formula is C18H10F4O4-2. The summed E-state index contributed by atoms with van der Waals surface area (Å²) in [4.78, 5) is 22.8. The molecule has 0 spiro atoms. The van der Waals surface area contributed by atoms with Crippen LogP contribution in [0.15, 0.2) is 48.5 Å². The van der Waals surface area contributed by atoms with Crippen LogP contribution in [0.1, 0.15) is 28.2 Å². The Morgan fingerprint density at radius 1 is 0.769 bits per heavy atom. The van der Waals surface area contributed by atoms with Crippen LogP contribution < -0.4 is 10.2 Å². The van der Waals surface area contributed by atoms with Gasteiger partial charge in [0, 0.05) is 23.0 Å². The molecule has 0 bridgehead atoms. The monoisotopic (exact) mass is 366 g/mol. The number of hydrogen-bond donors (Lipinski definition) is 0. The molecule has 0 atom stereocenters. The van der Waals surface area contributed by atoms with Crippen LogP contribution in [0.3, 0.4) is 0 Å². The number of benzene rings is 2. The maximum absolute atomic E-state index is 14.7. The SMILES string of the molecule is O=C([O-])C(C(=O)[O-])C1c2ccccc2C(F)(F)C(F)(F)c2ccccc21. The summed E-state index contributed by atoms with van der Waals surface area (Å²) in [5.74, 6) is -17.9. The summed E-state index contributed by atoms with van der Waals surface area (Å²) in [6.45, 7) is 0. The van der Waals surface area contributed by atoms with Crippen LogP contribution in [0.2, 0.25) is 0 Å². The molecule has 8 heteroatoms. The lowest BCUT2D eigenvalue weighted by Crippen LogP contribution is -2.46. The summed E-state index contributed by atoms with van der Waals surface area (Å²) < 4.78 is 58.7. The normalized spacial score (nSPS) is 17.9. The second kappa shape index (κ2) is 5.82. The number of halogens is 4. The van der Waals surface area contributed by atoms with Gasteiger partial charge >= 0.3 is 11.8 Å². The van der Waals surface area contributed by atoms with Crippen molar-refractivity contribution in [1.82, 2.24) is 0 Å². The fourth-order valence-electron chi connectivity index (χ4n) is 3.34. The van der Waals surface area contributed by atoms with Crippen molar-refractivity contribution in [2.75, 3.05) is 0 Å². The van der Waals surface area contributed by atoms with E-state index < -0.39 is 57.9 Å². The van der Waals surface area contributed by atoms with Gasteiger partial charge in [-0.3, -0.25) is 0 Å². The predicted octanol–water partition coefficient (Wildman–Crippen LogP) is 1.13. The third-order valence-electron chi connectivity index (χ3n) is 4.50. The highest BCUT2D eigenvalue weighted by Crippen LogP contribution is 2.56. The standard InChI is InChI=1S/C18H12F4O4/c19-17(20)11-7-3-1-5-9(11)13(14(15(23)24)16(25)26)10-6-2-4-8-12(10)18(17,21)22/h1-8,13-14H,(H,23,24)(H,25,26)/p-2. The molecule has 0 amide bonds. The fraction of sp³-hybridized carbons (Fsp3) is 0.222. The minimum Gasteiger partial charge on any atom is -0.549 e. The minimum absolute atomic E-state index is 0.527. The highest BCUT2D eigenvalue weighted by molar-refractivity contribution is 5.93. The van der Waals surface area contributed by atoms with Crippen molar-refractivity contribution < 1.29 is 37.4 Å². The Kier molecular flexibility index (Phi) is 4.01. The lowest BCUT2D eigenvalue weighted by Gasteiger charge is -2.30. The van der Waals surface area contributed by atoms with Gasteiger partial charge in [0.15, 0.2) is 0 Å². The van der Waals surface area contributed by atoms with Crippen molar-refractivity contribution >= 4 is 11.9 Å². The van der Waals surface area contributed by atoms with Crippen molar-refractivity contribution in [2.24, 2.45) is 5.92 Å². The summed E-state index contributed by atoms with van der Waals surface area (Å²) in [5.41, 5.74) is -3.33. The summed E-state index contributed by atoms with van der Waals surface area (Å²) in [5, 5.41) is 22.8. The minimum atomic E-state index is -4.68. The Bertz CT molecular complexity index is 823. The molecule has 136 valence electrons. The zero-order valence-corrected chi connectivity index (χ0v) is 12.9. The van der Waals surface area contributed by atoms with Gasteiger partial charge in [-0.1, -0.05) is 48.5 Å². The van der Waals surface area contributed by atoms with Gasteiger partial charge in [0.25, 0.3) is 0 Å². The van der Waals surface area contributed by atoms with E-state index in [1.54, 1.807) is 0 Å². The zero-order chi connectivity index (χ0) is 19.3. The van der Waals surface area contributed by atoms with Gasteiger partial charge < -0.3 is 19.8 Å². The topological polar surface area (TPSA) is 80.3 Å². The van der Waals surface area contributed by atoms with Gasteiger partial charge in [-0.05, 0) is 11.1 Å². The third kappa shape index (κ3) is 2.36. The summed E-state index contributed by atoms with van der Waals surface area (Å²) in [6, 6.07) is 8.10. The zero-order valence-electron chi connectivity index (χ0n) is 12.9. The van der Waals surface area contributed by atoms with E-state index >= 15 is 0 Å². The van der Waals surface area contributed by atoms with Crippen LogP contribution in [-0.4, -0.2) is 11.9 Å². The first-order valence-corrected chi connectivity index (χ1v) is 7.47. The second-order valence-corrected chi connectivity index (χ2v) is 5.92. The van der Waals surface area contributed by atoms with Crippen LogP contribution in [0.25, 0.3) is 0 Å². The molecule has 0 aromatic heterocycles. The summed E-state index contributed by atoms with van der Waals surface area (Å²) in [7, 11) is 0. The van der Waals surface area contributed by atoms with Crippen molar-refractivity contribution in [3.63, 3.8) is 0 Å². The van der Waals surface area contributed by atoms with Crippen LogP contribution in [0, 0.1) is 5.92 Å². The largest absolute Gasteiger partial charge is 0.549 e. The summed E-state index contributed by atoms with van der Waals surface area (Å²) in [6.07, 6.45) is 0. The Balaban J connectivity index is 2.46. The highest BCUT2D eigenvalue weighted by Gasteiger charge is 2.62. The molecule has 0 saturated heterocycles. The lowest BCUT2D eigenvalue weighted by atomic mass is 9.78. The molecule has 3 rings (SSSR count). The molecule has 0 heterocycles. The van der Waals surface area contributed by atoms with Crippen molar-refractivity contribution in [3.05, 3.63) is 70.8 Å². The average molecular weight is 366 g/mol. The molecule has 4 nitrogen and oxygen atoms in total. The van der Waals surface area contributed by atoms with Gasteiger partial charge in [0.05, 0.1) is 11.9 Å². The fourth-order valence-corrected chi connectivity index (χ4v) is 3.34. The van der Waals surface area contributed by atoms with E-state index in [9.17, 15) is 37.4 Å². The maximum atomic E-state index is 14.7. The smallest absolute Gasteiger partial charge is 0.340 e. The first-order chi connectivity index (χ1) is 12.1. The highest BCUT2D eigenvalue weighted by atomic mass is 19.3. The van der Waals surface area contributed by atoms with E-state index in [2.05, 4.69) is 0 Å². The second-order valence-electron chi connectivity index (χ2n) is 5.92. The number of fused-ring (bicyclic) bond motifs is 2. The number of rotatable bonds is 3. The Hall–Kier alpha value is -2.90. The van der Waals surface area contributed by atoms with E-state index in [1.165, 1.54) is 12.1 Å². The number of alkyl halides is 4. The van der Waals surface area contributed by atoms with Gasteiger partial charge in [0.1, 0.15) is 0 Å². The first-order valence-electron chi connectivity index (χ1n) is 7.47. The van der Waals surface area contributed by atoms with E-state index in [-0.39, 0.29) is 0 Å². The van der Waals surface area contributed by atoms with E-state index in [0.717, 1.165) is 36.4 Å². The van der Waals surface area contributed by atoms with E-state index in [1.807, 2.05) is 0 Å². The molecule has 26 heavy (non-hydrogen) atoms. The number of carboxylic acid groups (broad SMARTS) is 2. The quantitative estimate of drug-likeness (QED) is 0.603. The van der Waals surface area contributed by atoms with E-state index in [0.29, 0.717) is 0 Å². The first kappa shape index (κ1) is 17.9. The average Bonchev–Trinajstić information content (AvgIpc) is 2.63. The van der Waals surface area contributed by atoms with Crippen molar-refractivity contribution in [3.8, 4) is 0 Å². The molecule has 0 saturated carbocycles. The molecule has 0 aliphatic heterocycles. The Morgan fingerprint density at radius 2 is 1.12 bits per heavy atom. The maximum Gasteiger partial charge on any atom is 0.340 e. The van der Waals surface area contributed by atoms with Crippen LogP contribution in [-0.2, 0) is 21.4 Å². The van der Waals surface area contributed by atoms with Crippen LogP contribution in [0.4, 0.5) is 17.6 Å². The van der Waals surface area contributed by atoms with Crippen molar-refractivity contribution in [2.45, 2.75) is 17.8 Å². The lowest BCUT2D eigenvalue weighted by molar-refractivity contribution is -0.332. The Morgan fingerprint density at radius 3 is 1.46 bits per heavy atom. The number of carbonyl (C=O) groups is 2. The number of carbonyl (C=O) groups excluding carboxylic acids is 2. The summed E-state index contributed by atoms with van der Waals surface area (Å²) >= 11 is 0. The van der Waals surface area contributed by atoms with Crippen LogP contribution in [0.5, 0.6) is 0 Å². The van der Waals surface area contributed by atoms with Crippen LogP contribution >= 0.6 is 0 Å². The van der Waals surface area contributed by atoms with Gasteiger partial charge in [-0.15, -0.1) is 0 Å². The molecule has 0 N–H and O–H groups in total. The van der Waals surface area contributed by atoms with Crippen molar-refractivity contribution in [1.29, 1.82) is 0 Å².